The Kier molecular flexibility index (Phi) is 6.41. The van der Waals surface area contributed by atoms with E-state index in [0.717, 1.165) is 0 Å². The molecule has 0 amide bonds. The van der Waals surface area contributed by atoms with Crippen LogP contribution in [0.4, 0.5) is 13.2 Å². The van der Waals surface area contributed by atoms with Gasteiger partial charge in [-0.15, -0.1) is 0 Å². The number of hydrogen-bond acceptors (Lipinski definition) is 4. The van der Waals surface area contributed by atoms with Crippen molar-refractivity contribution in [3.8, 4) is 17.2 Å². The normalized spacial score (nSPS) is 12.0. The molecule has 0 N–H and O–H groups in total. The summed E-state index contributed by atoms with van der Waals surface area (Å²) < 4.78 is 70.5. The van der Waals surface area contributed by atoms with Crippen LogP contribution in [0.15, 0.2) is 42.5 Å². The van der Waals surface area contributed by atoms with E-state index in [1.54, 1.807) is 31.2 Å². The van der Waals surface area contributed by atoms with E-state index >= 15 is 0 Å². The maximum Gasteiger partial charge on any atom is 0.389 e. The first-order valence-corrected chi connectivity index (χ1v) is 9.53. The predicted molar refractivity (Wildman–Crippen MR) is 92.4 cm³/mol. The second-order valence-corrected chi connectivity index (χ2v) is 7.60. The zero-order valence-corrected chi connectivity index (χ0v) is 15.3. The molecule has 0 spiro atoms. The van der Waals surface area contributed by atoms with Crippen molar-refractivity contribution in [1.82, 2.24) is 0 Å². The van der Waals surface area contributed by atoms with Crippen molar-refractivity contribution in [2.24, 2.45) is 0 Å². The van der Waals surface area contributed by atoms with E-state index < -0.39 is 34.9 Å². The largest absolute Gasteiger partial charge is 0.457 e. The van der Waals surface area contributed by atoms with Crippen molar-refractivity contribution >= 4 is 21.7 Å². The number of benzene rings is 2. The van der Waals surface area contributed by atoms with Gasteiger partial charge in [-0.1, -0.05) is 23.7 Å². The summed E-state index contributed by atoms with van der Waals surface area (Å²) in [6, 6.07) is 10.9. The first-order chi connectivity index (χ1) is 12.1. The molecule has 0 saturated heterocycles. The van der Waals surface area contributed by atoms with E-state index in [1.807, 2.05) is 0 Å². The molecule has 0 aliphatic rings. The van der Waals surface area contributed by atoms with Gasteiger partial charge in [0.15, 0.2) is 0 Å². The topological polar surface area (TPSA) is 52.6 Å². The summed E-state index contributed by atoms with van der Waals surface area (Å²) in [6.07, 6.45) is -6.16. The minimum Gasteiger partial charge on any atom is -0.457 e. The van der Waals surface area contributed by atoms with Crippen LogP contribution >= 0.6 is 11.6 Å². The summed E-state index contributed by atoms with van der Waals surface area (Å²) >= 11 is 6.01. The molecule has 0 radical (unpaired) electrons. The number of rotatable bonds is 7. The zero-order chi connectivity index (χ0) is 19.4. The summed E-state index contributed by atoms with van der Waals surface area (Å²) in [5.41, 5.74) is 0.709. The lowest BCUT2D eigenvalue weighted by atomic mass is 10.2. The van der Waals surface area contributed by atoms with Crippen LogP contribution in [0.2, 0.25) is 5.02 Å². The molecule has 0 aliphatic carbocycles. The highest BCUT2D eigenvalue weighted by Gasteiger charge is 2.27. The molecule has 0 bridgehead atoms. The van der Waals surface area contributed by atoms with Gasteiger partial charge in [0.1, 0.15) is 17.2 Å². The fourth-order valence-electron chi connectivity index (χ4n) is 2.05. The summed E-state index contributed by atoms with van der Waals surface area (Å²) in [5.74, 6) is 0.0144. The van der Waals surface area contributed by atoms with Crippen LogP contribution in [0.1, 0.15) is 18.4 Å². The molecule has 2 aromatic rings. The summed E-state index contributed by atoms with van der Waals surface area (Å²) in [6.45, 7) is 1.77. The molecular formula is C17H16ClF3O4S. The van der Waals surface area contributed by atoms with Crippen LogP contribution in [0.3, 0.4) is 0 Å². The minimum atomic E-state index is -4.40. The molecule has 2 aromatic carbocycles. The lowest BCUT2D eigenvalue weighted by molar-refractivity contribution is -0.134. The van der Waals surface area contributed by atoms with Crippen molar-refractivity contribution in [3.05, 3.63) is 53.1 Å². The van der Waals surface area contributed by atoms with Gasteiger partial charge in [0, 0.05) is 23.1 Å². The first kappa shape index (κ1) is 20.4. The molecule has 0 unspecified atom stereocenters. The summed E-state index contributed by atoms with van der Waals surface area (Å²) in [5, 5.41) is 0.516. The van der Waals surface area contributed by atoms with E-state index in [2.05, 4.69) is 0 Å². The third-order valence-electron chi connectivity index (χ3n) is 3.33. The van der Waals surface area contributed by atoms with E-state index in [-0.39, 0.29) is 5.75 Å². The molecule has 26 heavy (non-hydrogen) atoms. The monoisotopic (exact) mass is 408 g/mol. The van der Waals surface area contributed by atoms with Crippen molar-refractivity contribution in [1.29, 1.82) is 0 Å². The molecule has 0 atom stereocenters. The third kappa shape index (κ3) is 6.42. The Bertz CT molecular complexity index is 867. The van der Waals surface area contributed by atoms with Crippen molar-refractivity contribution in [3.63, 3.8) is 0 Å². The molecule has 0 fully saturated rings. The SMILES string of the molecule is Cc1c(Cl)cccc1Oc1cccc(OS(=O)(=O)CCCC(F)(F)F)c1. The van der Waals surface area contributed by atoms with Gasteiger partial charge in [0.05, 0.1) is 5.75 Å². The zero-order valence-electron chi connectivity index (χ0n) is 13.7. The Morgan fingerprint density at radius 3 is 2.42 bits per heavy atom. The van der Waals surface area contributed by atoms with Gasteiger partial charge >= 0.3 is 16.3 Å². The molecule has 0 heterocycles. The maximum atomic E-state index is 12.1. The average molecular weight is 409 g/mol. The van der Waals surface area contributed by atoms with Crippen molar-refractivity contribution in [2.75, 3.05) is 5.75 Å². The lowest BCUT2D eigenvalue weighted by Gasteiger charge is -2.12. The minimum absolute atomic E-state index is 0.0470. The molecule has 9 heteroatoms. The Morgan fingerprint density at radius 1 is 1.08 bits per heavy atom. The third-order valence-corrected chi connectivity index (χ3v) is 4.97. The van der Waals surface area contributed by atoms with E-state index in [0.29, 0.717) is 22.1 Å². The summed E-state index contributed by atoms with van der Waals surface area (Å²) in [7, 11) is -4.14. The Labute approximate surface area is 154 Å². The Hall–Kier alpha value is -1.93. The molecule has 142 valence electrons. The lowest BCUT2D eigenvalue weighted by Crippen LogP contribution is -2.16. The van der Waals surface area contributed by atoms with E-state index in [4.69, 9.17) is 20.5 Å². The van der Waals surface area contributed by atoms with Gasteiger partial charge in [-0.25, -0.2) is 0 Å². The van der Waals surface area contributed by atoms with Gasteiger partial charge in [0.2, 0.25) is 0 Å². The fraction of sp³-hybridized carbons (Fsp3) is 0.294. The van der Waals surface area contributed by atoms with Crippen LogP contribution in [0, 0.1) is 6.92 Å². The first-order valence-electron chi connectivity index (χ1n) is 7.58. The van der Waals surface area contributed by atoms with Gasteiger partial charge < -0.3 is 8.92 Å². The molecular weight excluding hydrogens is 393 g/mol. The Balaban J connectivity index is 2.05. The number of hydrogen-bond donors (Lipinski definition) is 0. The maximum absolute atomic E-state index is 12.1. The number of halogens is 4. The van der Waals surface area contributed by atoms with Gasteiger partial charge in [-0.05, 0) is 37.6 Å². The fourth-order valence-corrected chi connectivity index (χ4v) is 3.20. The smallest absolute Gasteiger partial charge is 0.389 e. The van der Waals surface area contributed by atoms with Crippen LogP contribution in [-0.2, 0) is 10.1 Å². The van der Waals surface area contributed by atoms with Gasteiger partial charge in [-0.3, -0.25) is 0 Å². The van der Waals surface area contributed by atoms with Crippen LogP contribution in [0.5, 0.6) is 17.2 Å². The molecule has 0 saturated carbocycles. The molecule has 0 aromatic heterocycles. The van der Waals surface area contributed by atoms with E-state index in [9.17, 15) is 21.6 Å². The number of ether oxygens (including phenoxy) is 1. The molecule has 4 nitrogen and oxygen atoms in total. The molecule has 2 rings (SSSR count). The van der Waals surface area contributed by atoms with Crippen molar-refractivity contribution in [2.45, 2.75) is 25.9 Å². The standard InChI is InChI=1S/C17H16ClF3O4S/c1-12-15(18)7-3-8-16(12)24-13-5-2-6-14(11-13)25-26(22,23)10-4-9-17(19,20)21/h2-3,5-8,11H,4,9-10H2,1H3. The second-order valence-electron chi connectivity index (χ2n) is 5.50. The van der Waals surface area contributed by atoms with Gasteiger partial charge in [-0.2, -0.15) is 21.6 Å². The highest BCUT2D eigenvalue weighted by atomic mass is 35.5. The highest BCUT2D eigenvalue weighted by molar-refractivity contribution is 7.87. The van der Waals surface area contributed by atoms with Crippen LogP contribution in [0.25, 0.3) is 0 Å². The number of alkyl halides is 3. The predicted octanol–water partition coefficient (Wildman–Crippen LogP) is 5.49. The summed E-state index contributed by atoms with van der Waals surface area (Å²) in [4.78, 5) is 0. The molecule has 0 aliphatic heterocycles. The van der Waals surface area contributed by atoms with Crippen LogP contribution < -0.4 is 8.92 Å². The van der Waals surface area contributed by atoms with Gasteiger partial charge in [0.25, 0.3) is 0 Å². The van der Waals surface area contributed by atoms with Crippen molar-refractivity contribution < 1.29 is 30.5 Å². The highest BCUT2D eigenvalue weighted by Crippen LogP contribution is 2.31. The average Bonchev–Trinajstić information content (AvgIpc) is 2.50. The van der Waals surface area contributed by atoms with E-state index in [1.165, 1.54) is 18.2 Å². The van der Waals surface area contributed by atoms with Crippen LogP contribution in [-0.4, -0.2) is 20.3 Å². The quantitative estimate of drug-likeness (QED) is 0.568. The Morgan fingerprint density at radius 2 is 1.73 bits per heavy atom. The second kappa shape index (κ2) is 8.18.